The average Bonchev–Trinajstić information content (AvgIpc) is 3.27. The maximum Gasteiger partial charge on any atom is 0.410 e. The van der Waals surface area contributed by atoms with E-state index >= 15 is 0 Å². The van der Waals surface area contributed by atoms with E-state index in [1.807, 2.05) is 58.2 Å². The Morgan fingerprint density at radius 1 is 1.05 bits per heavy atom. The summed E-state index contributed by atoms with van der Waals surface area (Å²) in [5.74, 6) is 1.12. The van der Waals surface area contributed by atoms with Gasteiger partial charge in [0.1, 0.15) is 11.4 Å². The molecule has 1 amide bonds. The molecule has 192 valence electrons. The van der Waals surface area contributed by atoms with Crippen molar-refractivity contribution in [3.05, 3.63) is 66.5 Å². The van der Waals surface area contributed by atoms with Gasteiger partial charge in [0.05, 0.1) is 24.0 Å². The van der Waals surface area contributed by atoms with E-state index < -0.39 is 5.60 Å². The van der Waals surface area contributed by atoms with E-state index in [1.54, 1.807) is 4.90 Å². The van der Waals surface area contributed by atoms with Crippen LogP contribution in [0.4, 0.5) is 4.79 Å². The molecule has 5 rings (SSSR count). The van der Waals surface area contributed by atoms with Crippen molar-refractivity contribution in [3.63, 3.8) is 0 Å². The van der Waals surface area contributed by atoms with Crippen molar-refractivity contribution in [2.45, 2.75) is 46.1 Å². The minimum atomic E-state index is -0.478. The molecule has 7 nitrogen and oxygen atoms in total. The van der Waals surface area contributed by atoms with Gasteiger partial charge in [-0.3, -0.25) is 10.1 Å². The van der Waals surface area contributed by atoms with Crippen molar-refractivity contribution in [2.24, 2.45) is 5.92 Å². The fraction of sp³-hybridized carbons (Fsp3) is 0.367. The van der Waals surface area contributed by atoms with Crippen LogP contribution in [0, 0.1) is 12.8 Å². The largest absolute Gasteiger partial charge is 0.492 e. The van der Waals surface area contributed by atoms with E-state index in [9.17, 15) is 4.79 Å². The van der Waals surface area contributed by atoms with Crippen LogP contribution in [-0.2, 0) is 4.74 Å². The van der Waals surface area contributed by atoms with Crippen LogP contribution >= 0.6 is 0 Å². The summed E-state index contributed by atoms with van der Waals surface area (Å²) in [6.45, 7) is 9.67. The number of nitrogens with one attached hydrogen (secondary N) is 1. The van der Waals surface area contributed by atoms with Crippen LogP contribution in [0.25, 0.3) is 33.3 Å². The highest BCUT2D eigenvalue weighted by molar-refractivity contribution is 5.90. The van der Waals surface area contributed by atoms with Crippen LogP contribution < -0.4 is 4.74 Å². The summed E-state index contributed by atoms with van der Waals surface area (Å²) < 4.78 is 11.8. The van der Waals surface area contributed by atoms with Crippen molar-refractivity contribution in [1.29, 1.82) is 0 Å². The lowest BCUT2D eigenvalue weighted by atomic mass is 9.97. The van der Waals surface area contributed by atoms with Gasteiger partial charge >= 0.3 is 6.09 Å². The van der Waals surface area contributed by atoms with Crippen LogP contribution in [0.2, 0.25) is 0 Å². The van der Waals surface area contributed by atoms with E-state index in [4.69, 9.17) is 14.5 Å². The molecule has 0 saturated carbocycles. The van der Waals surface area contributed by atoms with Gasteiger partial charge in [-0.2, -0.15) is 5.10 Å². The predicted molar refractivity (Wildman–Crippen MR) is 146 cm³/mol. The number of pyridine rings is 1. The molecule has 1 fully saturated rings. The molecule has 37 heavy (non-hydrogen) atoms. The molecular weight excluding hydrogens is 464 g/mol. The average molecular weight is 499 g/mol. The number of H-pyrrole nitrogens is 1. The lowest BCUT2D eigenvalue weighted by molar-refractivity contribution is 0.0165. The molecular formula is C30H34N4O3. The van der Waals surface area contributed by atoms with Crippen molar-refractivity contribution in [3.8, 4) is 28.1 Å². The first-order chi connectivity index (χ1) is 17.8. The topological polar surface area (TPSA) is 80.3 Å². The summed E-state index contributed by atoms with van der Waals surface area (Å²) in [4.78, 5) is 19.0. The highest BCUT2D eigenvalue weighted by Crippen LogP contribution is 2.35. The number of benzene rings is 2. The number of likely N-dealkylation sites (tertiary alicyclic amines) is 1. The van der Waals surface area contributed by atoms with Crippen LogP contribution in [0.1, 0.15) is 39.3 Å². The number of aryl methyl sites for hydroxylation is 1. The third kappa shape index (κ3) is 5.77. The van der Waals surface area contributed by atoms with E-state index in [-0.39, 0.29) is 6.09 Å². The molecule has 0 atom stereocenters. The standard InChI is InChI=1S/C30H34N4O3/c1-20-25-16-23(10-11-27(25)33-32-20)26-17-24(18-31-28(26)22-8-6-5-7-9-22)36-19-21-12-14-34(15-13-21)29(35)37-30(2,3)4/h5-11,16-18,21H,12-15,19H2,1-4H3,(H,32,33). The molecule has 2 aromatic heterocycles. The molecule has 0 aliphatic carbocycles. The highest BCUT2D eigenvalue weighted by atomic mass is 16.6. The molecule has 1 aliphatic heterocycles. The molecule has 1 saturated heterocycles. The number of carbonyl (C=O) groups is 1. The second-order valence-electron chi connectivity index (χ2n) is 10.7. The second kappa shape index (κ2) is 10.2. The van der Waals surface area contributed by atoms with E-state index in [0.717, 1.165) is 57.6 Å². The van der Waals surface area contributed by atoms with E-state index in [0.29, 0.717) is 25.6 Å². The zero-order valence-corrected chi connectivity index (χ0v) is 22.0. The zero-order chi connectivity index (χ0) is 26.0. The first-order valence-corrected chi connectivity index (χ1v) is 12.9. The molecule has 7 heteroatoms. The van der Waals surface area contributed by atoms with Crippen molar-refractivity contribution in [1.82, 2.24) is 20.1 Å². The summed E-state index contributed by atoms with van der Waals surface area (Å²) >= 11 is 0. The first-order valence-electron chi connectivity index (χ1n) is 12.9. The number of hydrogen-bond donors (Lipinski definition) is 1. The van der Waals surface area contributed by atoms with Gasteiger partial charge in [0, 0.05) is 35.3 Å². The minimum absolute atomic E-state index is 0.234. The summed E-state index contributed by atoms with van der Waals surface area (Å²) in [7, 11) is 0. The zero-order valence-electron chi connectivity index (χ0n) is 22.0. The van der Waals surface area contributed by atoms with Crippen LogP contribution in [0.3, 0.4) is 0 Å². The highest BCUT2D eigenvalue weighted by Gasteiger charge is 2.27. The van der Waals surface area contributed by atoms with Crippen molar-refractivity contribution in [2.75, 3.05) is 19.7 Å². The molecule has 1 N–H and O–H groups in total. The SMILES string of the molecule is Cc1[nH]nc2ccc(-c3cc(OCC4CCN(C(=O)OC(C)(C)C)CC4)cnc3-c3ccccc3)cc12. The Hall–Kier alpha value is -3.87. The van der Waals surface area contributed by atoms with E-state index in [1.165, 1.54) is 0 Å². The Balaban J connectivity index is 1.33. The number of hydrogen-bond acceptors (Lipinski definition) is 5. The Kier molecular flexibility index (Phi) is 6.87. The third-order valence-corrected chi connectivity index (χ3v) is 6.72. The Morgan fingerprint density at radius 2 is 1.81 bits per heavy atom. The van der Waals surface area contributed by atoms with Gasteiger partial charge in [-0.25, -0.2) is 4.79 Å². The molecule has 0 radical (unpaired) electrons. The predicted octanol–water partition coefficient (Wildman–Crippen LogP) is 6.63. The number of nitrogens with zero attached hydrogens (tertiary/aromatic N) is 3. The molecule has 3 heterocycles. The van der Waals surface area contributed by atoms with Gasteiger partial charge in [0.15, 0.2) is 0 Å². The quantitative estimate of drug-likeness (QED) is 0.334. The van der Waals surface area contributed by atoms with Gasteiger partial charge in [-0.1, -0.05) is 36.4 Å². The minimum Gasteiger partial charge on any atom is -0.492 e. The number of ether oxygens (including phenoxy) is 2. The summed E-state index contributed by atoms with van der Waals surface area (Å²) in [6, 6.07) is 18.6. The number of aromatic amines is 1. The van der Waals surface area contributed by atoms with Gasteiger partial charge < -0.3 is 14.4 Å². The van der Waals surface area contributed by atoms with Crippen molar-refractivity contribution >= 4 is 17.0 Å². The van der Waals surface area contributed by atoms with Crippen molar-refractivity contribution < 1.29 is 14.3 Å². The number of rotatable bonds is 5. The first kappa shape index (κ1) is 24.8. The lowest BCUT2D eigenvalue weighted by Crippen LogP contribution is -2.42. The normalized spacial score (nSPS) is 14.6. The van der Waals surface area contributed by atoms with Gasteiger partial charge in [-0.05, 0) is 70.2 Å². The Bertz CT molecular complexity index is 1380. The summed E-state index contributed by atoms with van der Waals surface area (Å²) in [6.07, 6.45) is 3.35. The third-order valence-electron chi connectivity index (χ3n) is 6.72. The molecule has 1 aliphatic rings. The molecule has 0 spiro atoms. The van der Waals surface area contributed by atoms with Gasteiger partial charge in [0.25, 0.3) is 0 Å². The smallest absolute Gasteiger partial charge is 0.410 e. The number of aromatic nitrogens is 3. The van der Waals surface area contributed by atoms with Crippen LogP contribution in [-0.4, -0.2) is 51.5 Å². The molecule has 4 aromatic rings. The lowest BCUT2D eigenvalue weighted by Gasteiger charge is -2.33. The number of amides is 1. The fourth-order valence-corrected chi connectivity index (χ4v) is 4.70. The summed E-state index contributed by atoms with van der Waals surface area (Å²) in [5, 5.41) is 8.53. The van der Waals surface area contributed by atoms with Gasteiger partial charge in [0.2, 0.25) is 0 Å². The number of fused-ring (bicyclic) bond motifs is 1. The van der Waals surface area contributed by atoms with E-state index in [2.05, 4.69) is 40.5 Å². The summed E-state index contributed by atoms with van der Waals surface area (Å²) in [5.41, 5.74) is 5.57. The Morgan fingerprint density at radius 3 is 2.54 bits per heavy atom. The Labute approximate surface area is 217 Å². The monoisotopic (exact) mass is 498 g/mol. The second-order valence-corrected chi connectivity index (χ2v) is 10.7. The molecule has 2 aromatic carbocycles. The number of carbonyl (C=O) groups excluding carboxylic acids is 1. The maximum atomic E-state index is 12.4. The number of piperidine rings is 1. The van der Waals surface area contributed by atoms with Crippen LogP contribution in [0.5, 0.6) is 5.75 Å². The molecule has 0 bridgehead atoms. The molecule has 0 unspecified atom stereocenters. The maximum absolute atomic E-state index is 12.4. The van der Waals surface area contributed by atoms with Gasteiger partial charge in [-0.15, -0.1) is 0 Å². The fourth-order valence-electron chi connectivity index (χ4n) is 4.70. The van der Waals surface area contributed by atoms with Crippen LogP contribution in [0.15, 0.2) is 60.8 Å².